The monoisotopic (exact) mass is 929 g/mol. The van der Waals surface area contributed by atoms with Crippen LogP contribution in [0.3, 0.4) is 0 Å². The van der Waals surface area contributed by atoms with E-state index in [9.17, 15) is 19.2 Å². The van der Waals surface area contributed by atoms with E-state index >= 15 is 0 Å². The Labute approximate surface area is 408 Å². The third-order valence-corrected chi connectivity index (χ3v) is 13.1. The summed E-state index contributed by atoms with van der Waals surface area (Å²) in [5, 5.41) is 0. The Morgan fingerprint density at radius 3 is 0.632 bits per heavy atom. The molecule has 0 fully saturated rings. The van der Waals surface area contributed by atoms with Crippen LogP contribution in [0, 0.1) is 0 Å². The molecule has 4 aromatic carbocycles. The van der Waals surface area contributed by atoms with Crippen LogP contribution in [-0.2, 0) is 25.7 Å². The van der Waals surface area contributed by atoms with Crippen LogP contribution >= 0.6 is 0 Å². The van der Waals surface area contributed by atoms with Gasteiger partial charge >= 0.3 is 0 Å². The first-order chi connectivity index (χ1) is 33.4. The maximum absolute atomic E-state index is 12.9. The number of hydrogen-bond donors (Lipinski definition) is 0. The van der Waals surface area contributed by atoms with Crippen LogP contribution in [0.15, 0.2) is 48.5 Å². The zero-order valence-electron chi connectivity index (χ0n) is 42.0. The van der Waals surface area contributed by atoms with E-state index in [0.717, 1.165) is 172 Å². The maximum Gasteiger partial charge on any atom is 0.150 e. The molecule has 1 aliphatic rings. The molecule has 0 spiro atoms. The Balaban J connectivity index is 1.78. The minimum Gasteiger partial charge on any atom is -0.493 e. The average Bonchev–Trinajstić information content (AvgIpc) is 3.34. The maximum atomic E-state index is 12.9. The molecule has 8 heteroatoms. The number of rotatable bonds is 32. The van der Waals surface area contributed by atoms with Gasteiger partial charge in [0.1, 0.15) is 48.1 Å². The Hall–Kier alpha value is -5.24. The normalized spacial score (nSPS) is 12.1. The standard InChI is InChI=1S/C60H80O8/c1-5-9-13-17-21-25-65-57-49-29-45(41-61)30-50(57)38-52-32-47(43-63)34-54(59(52)67-27-23-19-15-11-7-3)40-56-36-48(44-64)35-55(60(56)68-28-24-20-16-12-8-4)39-53-33-46(42-62)31-51(37-49)58(53)66-26-22-18-14-10-6-2/h29-36,41-44H,5-28,37-40H2,1-4H3. The van der Waals surface area contributed by atoms with Crippen LogP contribution in [-0.4, -0.2) is 51.6 Å². The van der Waals surface area contributed by atoms with E-state index in [1.807, 2.05) is 48.5 Å². The molecular formula is C60H80O8. The summed E-state index contributed by atoms with van der Waals surface area (Å²) in [4.78, 5) is 51.5. The lowest BCUT2D eigenvalue weighted by Gasteiger charge is -2.24. The van der Waals surface area contributed by atoms with Crippen molar-refractivity contribution in [2.24, 2.45) is 0 Å². The number of hydrogen-bond acceptors (Lipinski definition) is 8. The van der Waals surface area contributed by atoms with E-state index in [-0.39, 0.29) is 0 Å². The second-order valence-electron chi connectivity index (χ2n) is 18.9. The summed E-state index contributed by atoms with van der Waals surface area (Å²) >= 11 is 0. The van der Waals surface area contributed by atoms with Gasteiger partial charge in [-0.15, -0.1) is 0 Å². The molecule has 0 saturated heterocycles. The highest BCUT2D eigenvalue weighted by atomic mass is 16.5. The fraction of sp³-hybridized carbons (Fsp3) is 0.533. The van der Waals surface area contributed by atoms with E-state index in [1.165, 1.54) is 25.7 Å². The molecule has 5 rings (SSSR count). The number of carbonyl (C=O) groups excluding carboxylic acids is 4. The molecule has 1 aliphatic carbocycles. The number of unbranched alkanes of at least 4 members (excludes halogenated alkanes) is 16. The molecule has 0 saturated carbocycles. The summed E-state index contributed by atoms with van der Waals surface area (Å²) < 4.78 is 27.4. The van der Waals surface area contributed by atoms with E-state index in [0.29, 0.717) is 97.4 Å². The van der Waals surface area contributed by atoms with Gasteiger partial charge in [0.2, 0.25) is 0 Å². The van der Waals surface area contributed by atoms with Gasteiger partial charge in [0.25, 0.3) is 0 Å². The Morgan fingerprint density at radius 2 is 0.471 bits per heavy atom. The molecule has 0 heterocycles. The van der Waals surface area contributed by atoms with Crippen molar-refractivity contribution in [1.29, 1.82) is 0 Å². The van der Waals surface area contributed by atoms with Crippen molar-refractivity contribution in [2.75, 3.05) is 26.4 Å². The van der Waals surface area contributed by atoms with E-state index < -0.39 is 0 Å². The topological polar surface area (TPSA) is 105 Å². The SMILES string of the molecule is CCCCCCCOc1c2cc(C=O)cc1Cc1cc(C=O)cc(c1OCCCCCCC)Cc1cc(C=O)cc(c1OCCCCCCC)Cc1cc(C=O)cc(c1OCCCCCCC)C2. The molecule has 4 aromatic rings. The van der Waals surface area contributed by atoms with Gasteiger partial charge in [0.05, 0.1) is 26.4 Å². The predicted octanol–water partition coefficient (Wildman–Crippen LogP) is 15.0. The summed E-state index contributed by atoms with van der Waals surface area (Å²) in [6.07, 6.45) is 26.4. The first-order valence-electron chi connectivity index (χ1n) is 26.3. The zero-order valence-corrected chi connectivity index (χ0v) is 42.0. The van der Waals surface area contributed by atoms with Gasteiger partial charge in [-0.2, -0.15) is 0 Å². The molecule has 0 aliphatic heterocycles. The number of aldehydes is 4. The van der Waals surface area contributed by atoms with Crippen molar-refractivity contribution in [1.82, 2.24) is 0 Å². The quantitative estimate of drug-likeness (QED) is 0.0310. The molecule has 8 nitrogen and oxygen atoms in total. The third-order valence-electron chi connectivity index (χ3n) is 13.1. The molecular weight excluding hydrogens is 849 g/mol. The summed E-state index contributed by atoms with van der Waals surface area (Å²) in [6, 6.07) is 15.2. The Morgan fingerprint density at radius 1 is 0.294 bits per heavy atom. The number of ether oxygens (including phenoxy) is 4. The second-order valence-corrected chi connectivity index (χ2v) is 18.9. The van der Waals surface area contributed by atoms with Crippen molar-refractivity contribution in [3.63, 3.8) is 0 Å². The molecule has 0 aromatic heterocycles. The Bertz CT molecular complexity index is 1800. The van der Waals surface area contributed by atoms with Crippen LogP contribution in [0.2, 0.25) is 0 Å². The van der Waals surface area contributed by atoms with Gasteiger partial charge in [0, 0.05) is 47.9 Å². The smallest absolute Gasteiger partial charge is 0.150 e. The van der Waals surface area contributed by atoms with Gasteiger partial charge in [-0.25, -0.2) is 0 Å². The molecule has 0 atom stereocenters. The largest absolute Gasteiger partial charge is 0.493 e. The molecule has 0 N–H and O–H groups in total. The second kappa shape index (κ2) is 30.3. The summed E-state index contributed by atoms with van der Waals surface area (Å²) in [6.45, 7) is 10.8. The minimum atomic E-state index is 0.335. The first-order valence-corrected chi connectivity index (χ1v) is 26.3. The highest BCUT2D eigenvalue weighted by molar-refractivity contribution is 5.80. The van der Waals surface area contributed by atoms with Crippen LogP contribution < -0.4 is 18.9 Å². The highest BCUT2D eigenvalue weighted by Gasteiger charge is 2.25. The van der Waals surface area contributed by atoms with E-state index in [2.05, 4.69) is 27.7 Å². The number of carbonyl (C=O) groups is 4. The molecule has 8 bridgehead atoms. The first kappa shape index (κ1) is 53.7. The lowest BCUT2D eigenvalue weighted by Crippen LogP contribution is -2.12. The van der Waals surface area contributed by atoms with Crippen molar-refractivity contribution >= 4 is 25.1 Å². The lowest BCUT2D eigenvalue weighted by molar-refractivity contribution is 0.111. The molecule has 0 radical (unpaired) electrons. The number of benzene rings is 4. The molecule has 368 valence electrons. The molecule has 0 unspecified atom stereocenters. The van der Waals surface area contributed by atoms with Crippen LogP contribution in [0.25, 0.3) is 0 Å². The van der Waals surface area contributed by atoms with Gasteiger partial charge in [-0.05, 0) is 119 Å². The fourth-order valence-electron chi connectivity index (χ4n) is 9.53. The summed E-state index contributed by atoms with van der Waals surface area (Å²) in [5.74, 6) is 2.78. The van der Waals surface area contributed by atoms with E-state index in [4.69, 9.17) is 18.9 Å². The molecule has 0 amide bonds. The van der Waals surface area contributed by atoms with Crippen LogP contribution in [0.1, 0.15) is 242 Å². The molecule has 68 heavy (non-hydrogen) atoms. The zero-order chi connectivity index (χ0) is 48.4. The minimum absolute atomic E-state index is 0.335. The summed E-state index contributed by atoms with van der Waals surface area (Å²) in [5.41, 5.74) is 8.55. The van der Waals surface area contributed by atoms with Gasteiger partial charge in [-0.3, -0.25) is 19.2 Å². The summed E-state index contributed by atoms with van der Waals surface area (Å²) in [7, 11) is 0. The lowest BCUT2D eigenvalue weighted by atomic mass is 9.88. The van der Waals surface area contributed by atoms with Crippen molar-refractivity contribution in [3.8, 4) is 23.0 Å². The van der Waals surface area contributed by atoms with E-state index in [1.54, 1.807) is 0 Å². The average molecular weight is 929 g/mol. The number of fused-ring (bicyclic) bond motifs is 8. The van der Waals surface area contributed by atoms with Crippen molar-refractivity contribution < 1.29 is 38.1 Å². The van der Waals surface area contributed by atoms with Gasteiger partial charge < -0.3 is 18.9 Å². The predicted molar refractivity (Wildman–Crippen MR) is 276 cm³/mol. The Kier molecular flexibility index (Phi) is 23.9. The fourth-order valence-corrected chi connectivity index (χ4v) is 9.53. The van der Waals surface area contributed by atoms with Gasteiger partial charge in [0.15, 0.2) is 0 Å². The highest BCUT2D eigenvalue weighted by Crippen LogP contribution is 2.41. The van der Waals surface area contributed by atoms with Crippen LogP contribution in [0.5, 0.6) is 23.0 Å². The van der Waals surface area contributed by atoms with Crippen molar-refractivity contribution in [2.45, 2.75) is 182 Å². The third kappa shape index (κ3) is 16.5. The van der Waals surface area contributed by atoms with Gasteiger partial charge in [-0.1, -0.05) is 130 Å². The van der Waals surface area contributed by atoms with Crippen molar-refractivity contribution in [3.05, 3.63) is 115 Å². The van der Waals surface area contributed by atoms with Crippen LogP contribution in [0.4, 0.5) is 0 Å².